The topological polar surface area (TPSA) is 33.6 Å². The third-order valence-corrected chi connectivity index (χ3v) is 2.30. The Balaban J connectivity index is 2.09. The molecule has 1 aliphatic rings. The zero-order valence-electron chi connectivity index (χ0n) is 8.73. The third kappa shape index (κ3) is 2.59. The maximum atomic E-state index is 5.17. The van der Waals surface area contributed by atoms with Crippen molar-refractivity contribution in [2.45, 2.75) is 6.42 Å². The average molecular weight is 202 g/mol. The molecule has 1 aromatic carbocycles. The van der Waals surface area contributed by atoms with Gasteiger partial charge in [0.2, 0.25) is 0 Å². The van der Waals surface area contributed by atoms with Gasteiger partial charge in [0.1, 0.15) is 5.75 Å². The molecule has 1 heterocycles. The van der Waals surface area contributed by atoms with E-state index in [1.807, 2.05) is 24.4 Å². The van der Waals surface area contributed by atoms with Gasteiger partial charge < -0.3 is 10.1 Å². The fourth-order valence-corrected chi connectivity index (χ4v) is 1.54. The first-order valence-electron chi connectivity index (χ1n) is 4.95. The quantitative estimate of drug-likeness (QED) is 0.810. The van der Waals surface area contributed by atoms with E-state index in [1.165, 1.54) is 5.56 Å². The first-order valence-corrected chi connectivity index (χ1v) is 4.95. The lowest BCUT2D eigenvalue weighted by Gasteiger charge is -2.10. The average Bonchev–Trinajstić information content (AvgIpc) is 2.31. The Morgan fingerprint density at radius 1 is 1.47 bits per heavy atom. The predicted molar refractivity (Wildman–Crippen MR) is 61.3 cm³/mol. The second kappa shape index (κ2) is 4.64. The van der Waals surface area contributed by atoms with Crippen molar-refractivity contribution in [3.63, 3.8) is 0 Å². The fourth-order valence-electron chi connectivity index (χ4n) is 1.54. The molecular weight excluding hydrogens is 188 g/mol. The number of methoxy groups -OCH3 is 1. The first kappa shape index (κ1) is 9.77. The van der Waals surface area contributed by atoms with Crippen molar-refractivity contribution in [1.82, 2.24) is 5.32 Å². The minimum absolute atomic E-state index is 0.827. The van der Waals surface area contributed by atoms with Crippen LogP contribution in [0, 0.1) is 0 Å². The maximum Gasteiger partial charge on any atom is 0.119 e. The van der Waals surface area contributed by atoms with Crippen LogP contribution >= 0.6 is 0 Å². The summed E-state index contributed by atoms with van der Waals surface area (Å²) in [6.45, 7) is 0.827. The smallest absolute Gasteiger partial charge is 0.119 e. The molecule has 0 aliphatic carbocycles. The summed E-state index contributed by atoms with van der Waals surface area (Å²) in [5, 5.41) is 3.14. The number of aliphatic imine (C=N–C) groups is 1. The normalized spacial score (nSPS) is 14.3. The molecule has 3 heteroatoms. The van der Waals surface area contributed by atoms with Gasteiger partial charge in [0.15, 0.2) is 0 Å². The van der Waals surface area contributed by atoms with Gasteiger partial charge in [-0.1, -0.05) is 12.1 Å². The maximum absolute atomic E-state index is 5.17. The lowest BCUT2D eigenvalue weighted by molar-refractivity contribution is 0.414. The second-order valence-electron chi connectivity index (χ2n) is 3.42. The van der Waals surface area contributed by atoms with E-state index in [-0.39, 0.29) is 0 Å². The molecular formula is C12H14N2O. The Kier molecular flexibility index (Phi) is 3.02. The van der Waals surface area contributed by atoms with Gasteiger partial charge in [-0.05, 0) is 17.7 Å². The van der Waals surface area contributed by atoms with Gasteiger partial charge in [0, 0.05) is 24.5 Å². The van der Waals surface area contributed by atoms with Gasteiger partial charge in [-0.3, -0.25) is 4.99 Å². The lowest BCUT2D eigenvalue weighted by atomic mass is 10.1. The molecule has 1 aromatic rings. The summed E-state index contributed by atoms with van der Waals surface area (Å²) in [6.07, 6.45) is 4.52. The Morgan fingerprint density at radius 3 is 3.13 bits per heavy atom. The summed E-state index contributed by atoms with van der Waals surface area (Å²) in [7, 11) is 1.68. The Bertz CT molecular complexity index is 396. The van der Waals surface area contributed by atoms with Gasteiger partial charge in [-0.2, -0.15) is 0 Å². The summed E-state index contributed by atoms with van der Waals surface area (Å²) < 4.78 is 5.17. The highest BCUT2D eigenvalue weighted by Crippen LogP contribution is 2.13. The van der Waals surface area contributed by atoms with E-state index >= 15 is 0 Å². The second-order valence-corrected chi connectivity index (χ2v) is 3.42. The number of rotatable bonds is 3. The van der Waals surface area contributed by atoms with Gasteiger partial charge in [0.05, 0.1) is 13.7 Å². The minimum Gasteiger partial charge on any atom is -0.497 e. The summed E-state index contributed by atoms with van der Waals surface area (Å²) in [4.78, 5) is 4.31. The van der Waals surface area contributed by atoms with Crippen molar-refractivity contribution in [2.24, 2.45) is 4.99 Å². The molecule has 0 aromatic heterocycles. The van der Waals surface area contributed by atoms with Crippen LogP contribution in [0.15, 0.2) is 41.7 Å². The molecule has 1 aliphatic heterocycles. The van der Waals surface area contributed by atoms with Gasteiger partial charge in [-0.15, -0.1) is 0 Å². The Labute approximate surface area is 89.5 Å². The summed E-state index contributed by atoms with van der Waals surface area (Å²) in [5.41, 5.74) is 2.37. The predicted octanol–water partition coefficient (Wildman–Crippen LogP) is 1.75. The van der Waals surface area contributed by atoms with E-state index in [0.717, 1.165) is 24.4 Å². The summed E-state index contributed by atoms with van der Waals surface area (Å²) in [5.74, 6) is 0.896. The monoisotopic (exact) mass is 202 g/mol. The van der Waals surface area contributed by atoms with Crippen molar-refractivity contribution in [2.75, 3.05) is 13.7 Å². The van der Waals surface area contributed by atoms with Crippen molar-refractivity contribution in [3.05, 3.63) is 42.2 Å². The molecule has 0 spiro atoms. The van der Waals surface area contributed by atoms with E-state index in [9.17, 15) is 0 Å². The number of ether oxygens (including phenoxy) is 1. The zero-order valence-corrected chi connectivity index (χ0v) is 8.73. The highest BCUT2D eigenvalue weighted by Gasteiger charge is 2.03. The van der Waals surface area contributed by atoms with Gasteiger partial charge in [-0.25, -0.2) is 0 Å². The largest absolute Gasteiger partial charge is 0.497 e. The van der Waals surface area contributed by atoms with E-state index < -0.39 is 0 Å². The van der Waals surface area contributed by atoms with Crippen LogP contribution < -0.4 is 10.1 Å². The molecule has 78 valence electrons. The van der Waals surface area contributed by atoms with Crippen LogP contribution in [0.4, 0.5) is 0 Å². The molecule has 2 rings (SSSR count). The molecule has 0 saturated heterocycles. The van der Waals surface area contributed by atoms with Gasteiger partial charge >= 0.3 is 0 Å². The number of hydrogen-bond acceptors (Lipinski definition) is 3. The van der Waals surface area contributed by atoms with Crippen LogP contribution in [-0.4, -0.2) is 19.4 Å². The number of benzene rings is 1. The molecule has 0 atom stereocenters. The van der Waals surface area contributed by atoms with Crippen LogP contribution in [0.25, 0.3) is 0 Å². The van der Waals surface area contributed by atoms with Crippen LogP contribution in [0.2, 0.25) is 0 Å². The van der Waals surface area contributed by atoms with Gasteiger partial charge in [0.25, 0.3) is 0 Å². The first-order chi connectivity index (χ1) is 7.38. The molecule has 0 amide bonds. The molecule has 0 radical (unpaired) electrons. The van der Waals surface area contributed by atoms with Crippen LogP contribution in [0.1, 0.15) is 5.56 Å². The van der Waals surface area contributed by atoms with Crippen molar-refractivity contribution in [1.29, 1.82) is 0 Å². The van der Waals surface area contributed by atoms with Crippen molar-refractivity contribution in [3.8, 4) is 5.75 Å². The van der Waals surface area contributed by atoms with E-state index in [1.54, 1.807) is 13.3 Å². The lowest BCUT2D eigenvalue weighted by Crippen LogP contribution is -2.22. The molecule has 15 heavy (non-hydrogen) atoms. The molecule has 0 saturated carbocycles. The van der Waals surface area contributed by atoms with E-state index in [2.05, 4.69) is 16.4 Å². The third-order valence-electron chi connectivity index (χ3n) is 2.30. The standard InChI is InChI=1S/C12H14N2O/c1-15-12-4-2-3-10(8-12)7-11-9-13-5-6-14-11/h2-6,8,13H,7,9H2,1H3. The van der Waals surface area contributed by atoms with E-state index in [4.69, 9.17) is 4.74 Å². The highest BCUT2D eigenvalue weighted by atomic mass is 16.5. The number of hydrogen-bond donors (Lipinski definition) is 1. The number of nitrogens with zero attached hydrogens (tertiary/aromatic N) is 1. The Morgan fingerprint density at radius 2 is 2.40 bits per heavy atom. The van der Waals surface area contributed by atoms with Crippen molar-refractivity contribution >= 4 is 5.71 Å². The molecule has 0 unspecified atom stereocenters. The molecule has 1 N–H and O–H groups in total. The summed E-state index contributed by atoms with van der Waals surface area (Å²) >= 11 is 0. The van der Waals surface area contributed by atoms with Crippen LogP contribution in [0.5, 0.6) is 5.75 Å². The SMILES string of the molecule is COc1cccc(CC2=NC=CNC2)c1. The highest BCUT2D eigenvalue weighted by molar-refractivity contribution is 5.89. The summed E-state index contributed by atoms with van der Waals surface area (Å²) in [6, 6.07) is 8.08. The zero-order chi connectivity index (χ0) is 10.5. The van der Waals surface area contributed by atoms with Crippen molar-refractivity contribution < 1.29 is 4.74 Å². The molecule has 0 fully saturated rings. The number of nitrogens with one attached hydrogen (secondary N) is 1. The molecule has 3 nitrogen and oxygen atoms in total. The van der Waals surface area contributed by atoms with Crippen LogP contribution in [-0.2, 0) is 6.42 Å². The van der Waals surface area contributed by atoms with E-state index in [0.29, 0.717) is 0 Å². The minimum atomic E-state index is 0.827. The fraction of sp³-hybridized carbons (Fsp3) is 0.250. The Hall–Kier alpha value is -1.77. The van der Waals surface area contributed by atoms with Crippen LogP contribution in [0.3, 0.4) is 0 Å². The molecule has 0 bridgehead atoms.